The Morgan fingerprint density at radius 1 is 1.13 bits per heavy atom. The van der Waals surface area contributed by atoms with Gasteiger partial charge in [0.2, 0.25) is 0 Å². The van der Waals surface area contributed by atoms with Crippen molar-refractivity contribution in [2.24, 2.45) is 5.73 Å². The molecule has 0 spiro atoms. The Balaban J connectivity index is 1.81. The number of carbonyl (C=O) groups excluding carboxylic acids is 2. The zero-order valence-corrected chi connectivity index (χ0v) is 16.1. The van der Waals surface area contributed by atoms with Gasteiger partial charge in [-0.25, -0.2) is 9.40 Å². The number of rotatable bonds is 3. The van der Waals surface area contributed by atoms with Crippen LogP contribution in [0, 0.1) is 17.1 Å². The number of hydrogen-bond donors (Lipinski definition) is 2. The van der Waals surface area contributed by atoms with E-state index in [1.54, 1.807) is 42.5 Å². The Morgan fingerprint density at radius 2 is 1.83 bits per heavy atom. The lowest BCUT2D eigenvalue weighted by atomic mass is 9.76. The normalized spacial score (nSPS) is 18.7. The highest BCUT2D eigenvalue weighted by molar-refractivity contribution is 6.00. The van der Waals surface area contributed by atoms with Gasteiger partial charge < -0.3 is 5.73 Å². The highest BCUT2D eigenvalue weighted by Crippen LogP contribution is 2.44. The summed E-state index contributed by atoms with van der Waals surface area (Å²) >= 11 is 0. The summed E-state index contributed by atoms with van der Waals surface area (Å²) in [6.45, 7) is 0. The first-order chi connectivity index (χ1) is 14.5. The standard InChI is InChI=1S/C23H19FN4O2/c24-16-11-9-14(10-12-16)20-17(13-25)22(26)28(18-7-4-8-19(29)21(18)20)27-23(30)15-5-2-1-3-6-15/h1-3,5-6,9-12,20H,4,7-8,26H2,(H,27,30). The van der Waals surface area contributed by atoms with E-state index in [4.69, 9.17) is 5.73 Å². The first-order valence-corrected chi connectivity index (χ1v) is 9.59. The third kappa shape index (κ3) is 3.33. The summed E-state index contributed by atoms with van der Waals surface area (Å²) < 4.78 is 13.4. The Kier molecular flexibility index (Phi) is 5.07. The van der Waals surface area contributed by atoms with Crippen LogP contribution in [0.25, 0.3) is 0 Å². The van der Waals surface area contributed by atoms with Crippen LogP contribution in [0.15, 0.2) is 77.3 Å². The molecule has 2 aromatic rings. The Bertz CT molecular complexity index is 1110. The molecule has 0 aromatic heterocycles. The van der Waals surface area contributed by atoms with Gasteiger partial charge in [0.15, 0.2) is 5.78 Å². The fraction of sp³-hybridized carbons (Fsp3) is 0.174. The summed E-state index contributed by atoms with van der Waals surface area (Å²) in [7, 11) is 0. The third-order valence-electron chi connectivity index (χ3n) is 5.37. The number of amides is 1. The zero-order valence-electron chi connectivity index (χ0n) is 16.1. The molecule has 2 aliphatic rings. The Labute approximate surface area is 173 Å². The number of nitrogens with zero attached hydrogens (tertiary/aromatic N) is 2. The molecule has 2 aromatic carbocycles. The molecule has 1 amide bonds. The fourth-order valence-corrected chi connectivity index (χ4v) is 3.96. The number of hydrazine groups is 1. The molecule has 0 bridgehead atoms. The van der Waals surface area contributed by atoms with E-state index in [9.17, 15) is 19.2 Å². The fourth-order valence-electron chi connectivity index (χ4n) is 3.96. The first kappa shape index (κ1) is 19.4. The number of benzene rings is 2. The van der Waals surface area contributed by atoms with E-state index in [1.165, 1.54) is 17.1 Å². The average Bonchev–Trinajstić information content (AvgIpc) is 2.76. The maximum atomic E-state index is 13.4. The van der Waals surface area contributed by atoms with Crippen molar-refractivity contribution in [3.8, 4) is 6.07 Å². The molecule has 4 rings (SSSR count). The minimum Gasteiger partial charge on any atom is -0.383 e. The smallest absolute Gasteiger partial charge is 0.270 e. The molecular formula is C23H19FN4O2. The maximum absolute atomic E-state index is 13.4. The van der Waals surface area contributed by atoms with Gasteiger partial charge >= 0.3 is 0 Å². The number of carbonyl (C=O) groups is 2. The van der Waals surface area contributed by atoms with Gasteiger partial charge in [-0.1, -0.05) is 30.3 Å². The largest absolute Gasteiger partial charge is 0.383 e. The molecule has 1 aliphatic heterocycles. The molecular weight excluding hydrogens is 383 g/mol. The van der Waals surface area contributed by atoms with Crippen molar-refractivity contribution in [1.29, 1.82) is 5.26 Å². The highest BCUT2D eigenvalue weighted by Gasteiger charge is 2.40. The topological polar surface area (TPSA) is 99.2 Å². The first-order valence-electron chi connectivity index (χ1n) is 9.59. The van der Waals surface area contributed by atoms with Gasteiger partial charge in [-0.2, -0.15) is 5.26 Å². The minimum absolute atomic E-state index is 0.0598. The molecule has 3 N–H and O–H groups in total. The van der Waals surface area contributed by atoms with Crippen molar-refractivity contribution < 1.29 is 14.0 Å². The van der Waals surface area contributed by atoms with Gasteiger partial charge in [-0.15, -0.1) is 0 Å². The van der Waals surface area contributed by atoms with E-state index in [0.717, 1.165) is 0 Å². The van der Waals surface area contributed by atoms with Crippen LogP contribution in [-0.4, -0.2) is 16.7 Å². The van der Waals surface area contributed by atoms with E-state index in [0.29, 0.717) is 41.7 Å². The summed E-state index contributed by atoms with van der Waals surface area (Å²) in [5.41, 5.74) is 11.2. The third-order valence-corrected chi connectivity index (χ3v) is 5.37. The van der Waals surface area contributed by atoms with Crippen LogP contribution in [0.3, 0.4) is 0 Å². The van der Waals surface area contributed by atoms with E-state index in [2.05, 4.69) is 11.5 Å². The molecule has 0 saturated heterocycles. The number of hydrogen-bond acceptors (Lipinski definition) is 5. The number of nitrogens with one attached hydrogen (secondary N) is 1. The van der Waals surface area contributed by atoms with Crippen LogP contribution in [0.1, 0.15) is 41.1 Å². The molecule has 0 radical (unpaired) electrons. The van der Waals surface area contributed by atoms with Crippen molar-refractivity contribution in [3.05, 3.63) is 94.2 Å². The number of nitrogens with two attached hydrogens (primary N) is 1. The van der Waals surface area contributed by atoms with Crippen LogP contribution in [0.5, 0.6) is 0 Å². The van der Waals surface area contributed by atoms with Crippen molar-refractivity contribution >= 4 is 11.7 Å². The zero-order chi connectivity index (χ0) is 21.3. The second-order valence-corrected chi connectivity index (χ2v) is 7.17. The predicted octanol–water partition coefficient (Wildman–Crippen LogP) is 3.27. The van der Waals surface area contributed by atoms with Crippen molar-refractivity contribution in [3.63, 3.8) is 0 Å². The predicted molar refractivity (Wildman–Crippen MR) is 108 cm³/mol. The van der Waals surface area contributed by atoms with Crippen LogP contribution >= 0.6 is 0 Å². The lowest BCUT2D eigenvalue weighted by molar-refractivity contribution is -0.116. The van der Waals surface area contributed by atoms with Gasteiger partial charge in [0.25, 0.3) is 5.91 Å². The van der Waals surface area contributed by atoms with Gasteiger partial charge in [-0.05, 0) is 42.7 Å². The van der Waals surface area contributed by atoms with Crippen LogP contribution in [0.4, 0.5) is 4.39 Å². The van der Waals surface area contributed by atoms with E-state index >= 15 is 0 Å². The summed E-state index contributed by atoms with van der Waals surface area (Å²) in [4.78, 5) is 25.6. The molecule has 1 aliphatic carbocycles. The Hall–Kier alpha value is -3.92. The van der Waals surface area contributed by atoms with Crippen LogP contribution < -0.4 is 11.2 Å². The van der Waals surface area contributed by atoms with Gasteiger partial charge in [0.1, 0.15) is 11.6 Å². The highest BCUT2D eigenvalue weighted by atomic mass is 19.1. The molecule has 1 heterocycles. The summed E-state index contributed by atoms with van der Waals surface area (Å²) in [6.07, 6.45) is 1.48. The molecule has 0 saturated carbocycles. The van der Waals surface area contributed by atoms with Crippen molar-refractivity contribution in [2.75, 3.05) is 0 Å². The average molecular weight is 402 g/mol. The minimum atomic E-state index is -0.691. The lowest BCUT2D eigenvalue weighted by Gasteiger charge is -2.39. The molecule has 30 heavy (non-hydrogen) atoms. The molecule has 7 heteroatoms. The number of ketones is 1. The quantitative estimate of drug-likeness (QED) is 0.821. The number of nitriles is 1. The second-order valence-electron chi connectivity index (χ2n) is 7.17. The molecule has 150 valence electrons. The SMILES string of the molecule is N#CC1=C(N)N(NC(=O)c2ccccc2)C2=C(C(=O)CCC2)C1c1ccc(F)cc1. The monoisotopic (exact) mass is 402 g/mol. The van der Waals surface area contributed by atoms with Crippen LogP contribution in [0.2, 0.25) is 0 Å². The van der Waals surface area contributed by atoms with Gasteiger partial charge in [-0.3, -0.25) is 15.0 Å². The number of allylic oxidation sites excluding steroid dienone is 3. The van der Waals surface area contributed by atoms with Crippen molar-refractivity contribution in [2.45, 2.75) is 25.2 Å². The molecule has 1 unspecified atom stereocenters. The number of halogens is 1. The van der Waals surface area contributed by atoms with Crippen molar-refractivity contribution in [1.82, 2.24) is 10.4 Å². The molecule has 1 atom stereocenters. The molecule has 0 fully saturated rings. The summed E-state index contributed by atoms with van der Waals surface area (Å²) in [5.74, 6) is -1.55. The Morgan fingerprint density at radius 3 is 2.50 bits per heavy atom. The van der Waals surface area contributed by atoms with E-state index < -0.39 is 17.6 Å². The van der Waals surface area contributed by atoms with Gasteiger partial charge in [0, 0.05) is 23.3 Å². The van der Waals surface area contributed by atoms with E-state index in [-0.39, 0.29) is 17.2 Å². The van der Waals surface area contributed by atoms with E-state index in [1.807, 2.05) is 0 Å². The summed E-state index contributed by atoms with van der Waals surface area (Å²) in [5, 5.41) is 11.2. The van der Waals surface area contributed by atoms with Crippen LogP contribution in [-0.2, 0) is 4.79 Å². The maximum Gasteiger partial charge on any atom is 0.270 e. The lowest BCUT2D eigenvalue weighted by Crippen LogP contribution is -2.48. The second kappa shape index (κ2) is 7.84. The summed E-state index contributed by atoms with van der Waals surface area (Å²) in [6, 6.07) is 16.4. The molecule has 6 nitrogen and oxygen atoms in total. The number of Topliss-reactive ketones (excluding diaryl/α,β-unsaturated/α-hetero) is 1. The van der Waals surface area contributed by atoms with Gasteiger partial charge in [0.05, 0.1) is 17.6 Å².